The lowest BCUT2D eigenvalue weighted by molar-refractivity contribution is 0.164. The summed E-state index contributed by atoms with van der Waals surface area (Å²) in [7, 11) is -1.40. The second kappa shape index (κ2) is 6.70. The number of nitrogens with zero attached hydrogens (tertiary/aromatic N) is 1. The van der Waals surface area contributed by atoms with Gasteiger partial charge in [-0.05, 0) is 24.8 Å². The van der Waals surface area contributed by atoms with Crippen LogP contribution in [0.3, 0.4) is 0 Å². The van der Waals surface area contributed by atoms with E-state index in [2.05, 4.69) is 4.98 Å². The van der Waals surface area contributed by atoms with Crippen molar-refractivity contribution in [2.45, 2.75) is 25.4 Å². The molecule has 1 aromatic rings. The predicted molar refractivity (Wildman–Crippen MR) is 69.4 cm³/mol. The number of hydrogen-bond donors (Lipinski definition) is 1. The summed E-state index contributed by atoms with van der Waals surface area (Å²) >= 11 is 0. The summed E-state index contributed by atoms with van der Waals surface area (Å²) < 4.78 is 26.8. The van der Waals surface area contributed by atoms with Crippen molar-refractivity contribution < 1.29 is 18.3 Å². The average molecular weight is 273 g/mol. The van der Waals surface area contributed by atoms with E-state index in [4.69, 9.17) is 4.74 Å². The fraction of sp³-hybridized carbons (Fsp3) is 0.583. The zero-order valence-electron chi connectivity index (χ0n) is 10.7. The fourth-order valence-electron chi connectivity index (χ4n) is 1.61. The van der Waals surface area contributed by atoms with Crippen LogP contribution in [0.2, 0.25) is 0 Å². The van der Waals surface area contributed by atoms with Crippen LogP contribution in [0.5, 0.6) is 5.88 Å². The average Bonchev–Trinajstić information content (AvgIpc) is 2.28. The van der Waals surface area contributed by atoms with Crippen LogP contribution in [0.1, 0.15) is 18.4 Å². The number of aliphatic hydroxyl groups excluding tert-OH is 1. The molecule has 0 aliphatic rings. The third-order valence-corrected chi connectivity index (χ3v) is 3.56. The molecule has 0 aromatic carbocycles. The Kier molecular flexibility index (Phi) is 5.55. The number of ether oxygens (including phenoxy) is 1. The molecular weight excluding hydrogens is 254 g/mol. The number of sulfone groups is 1. The van der Waals surface area contributed by atoms with Crippen molar-refractivity contribution >= 4 is 9.84 Å². The molecule has 1 unspecified atom stereocenters. The third-order valence-electron chi connectivity index (χ3n) is 2.53. The van der Waals surface area contributed by atoms with Crippen LogP contribution in [0, 0.1) is 0 Å². The van der Waals surface area contributed by atoms with Crippen molar-refractivity contribution in [2.75, 3.05) is 19.1 Å². The van der Waals surface area contributed by atoms with Gasteiger partial charge in [0.05, 0.1) is 13.2 Å². The predicted octanol–water partition coefficient (Wildman–Crippen LogP) is 0.818. The van der Waals surface area contributed by atoms with E-state index in [1.54, 1.807) is 19.4 Å². The molecule has 18 heavy (non-hydrogen) atoms. The topological polar surface area (TPSA) is 76.5 Å². The maximum Gasteiger partial charge on any atom is 0.212 e. The lowest BCUT2D eigenvalue weighted by Crippen LogP contribution is -2.13. The molecule has 0 radical (unpaired) electrons. The molecule has 1 aromatic heterocycles. The molecule has 0 saturated heterocycles. The molecule has 1 N–H and O–H groups in total. The van der Waals surface area contributed by atoms with Gasteiger partial charge in [-0.25, -0.2) is 13.4 Å². The van der Waals surface area contributed by atoms with Gasteiger partial charge >= 0.3 is 0 Å². The number of methoxy groups -OCH3 is 1. The Labute approximate surface area is 108 Å². The summed E-state index contributed by atoms with van der Waals surface area (Å²) in [5, 5.41) is 9.77. The Morgan fingerprint density at radius 2 is 2.17 bits per heavy atom. The highest BCUT2D eigenvalue weighted by molar-refractivity contribution is 7.90. The lowest BCUT2D eigenvalue weighted by Gasteiger charge is -2.10. The standard InChI is InChI=1S/C12H19NO4S/c1-17-12-6-5-10(9-13-12)8-11(14)4-3-7-18(2,15)16/h5-6,9,11,14H,3-4,7-8H2,1-2H3. The zero-order chi connectivity index (χ0) is 13.6. The van der Waals surface area contributed by atoms with Gasteiger partial charge in [-0.2, -0.15) is 0 Å². The van der Waals surface area contributed by atoms with E-state index >= 15 is 0 Å². The molecule has 5 nitrogen and oxygen atoms in total. The summed E-state index contributed by atoms with van der Waals surface area (Å²) in [6, 6.07) is 3.57. The zero-order valence-corrected chi connectivity index (χ0v) is 11.5. The summed E-state index contributed by atoms with van der Waals surface area (Å²) in [6.45, 7) is 0. The van der Waals surface area contributed by atoms with Crippen LogP contribution in [-0.4, -0.2) is 43.7 Å². The first-order chi connectivity index (χ1) is 8.40. The highest BCUT2D eigenvalue weighted by Crippen LogP contribution is 2.11. The molecule has 1 heterocycles. The quantitative estimate of drug-likeness (QED) is 0.796. The molecule has 0 aliphatic heterocycles. The molecule has 0 spiro atoms. The minimum absolute atomic E-state index is 0.116. The largest absolute Gasteiger partial charge is 0.481 e. The second-order valence-corrected chi connectivity index (χ2v) is 6.60. The van der Waals surface area contributed by atoms with Gasteiger partial charge < -0.3 is 9.84 Å². The smallest absolute Gasteiger partial charge is 0.212 e. The van der Waals surface area contributed by atoms with E-state index in [0.717, 1.165) is 5.56 Å². The first-order valence-corrected chi connectivity index (χ1v) is 7.81. The number of pyridine rings is 1. The van der Waals surface area contributed by atoms with Crippen LogP contribution in [-0.2, 0) is 16.3 Å². The lowest BCUT2D eigenvalue weighted by atomic mass is 10.1. The molecule has 0 saturated carbocycles. The van der Waals surface area contributed by atoms with Gasteiger partial charge in [0.2, 0.25) is 5.88 Å². The highest BCUT2D eigenvalue weighted by atomic mass is 32.2. The Morgan fingerprint density at radius 1 is 1.44 bits per heavy atom. The van der Waals surface area contributed by atoms with Crippen LogP contribution in [0.15, 0.2) is 18.3 Å². The summed E-state index contributed by atoms with van der Waals surface area (Å²) in [4.78, 5) is 4.04. The van der Waals surface area contributed by atoms with Gasteiger partial charge in [-0.3, -0.25) is 0 Å². The third kappa shape index (κ3) is 5.97. The number of rotatable bonds is 7. The fourth-order valence-corrected chi connectivity index (χ4v) is 2.30. The van der Waals surface area contributed by atoms with E-state index in [9.17, 15) is 13.5 Å². The van der Waals surface area contributed by atoms with E-state index < -0.39 is 15.9 Å². The summed E-state index contributed by atoms with van der Waals surface area (Å²) in [6.07, 6.45) is 3.73. The SMILES string of the molecule is COc1ccc(CC(O)CCCS(C)(=O)=O)cn1. The molecule has 1 rings (SSSR count). The van der Waals surface area contributed by atoms with Crippen LogP contribution in [0.25, 0.3) is 0 Å². The maximum absolute atomic E-state index is 10.9. The Hall–Kier alpha value is -1.14. The molecule has 0 fully saturated rings. The maximum atomic E-state index is 10.9. The second-order valence-electron chi connectivity index (χ2n) is 4.34. The Bertz CT molecular complexity index is 455. The summed E-state index contributed by atoms with van der Waals surface area (Å²) in [5.74, 6) is 0.649. The highest BCUT2D eigenvalue weighted by Gasteiger charge is 2.08. The van der Waals surface area contributed by atoms with Crippen molar-refractivity contribution in [2.24, 2.45) is 0 Å². The van der Waals surface area contributed by atoms with Gasteiger partial charge in [0, 0.05) is 24.3 Å². The number of aliphatic hydroxyl groups is 1. The first kappa shape index (κ1) is 14.9. The van der Waals surface area contributed by atoms with Gasteiger partial charge in [-0.15, -0.1) is 0 Å². The van der Waals surface area contributed by atoms with Gasteiger partial charge in [0.15, 0.2) is 0 Å². The van der Waals surface area contributed by atoms with Crippen molar-refractivity contribution in [1.82, 2.24) is 4.98 Å². The molecule has 0 aliphatic carbocycles. The molecular formula is C12H19NO4S. The van der Waals surface area contributed by atoms with Gasteiger partial charge in [-0.1, -0.05) is 6.07 Å². The molecule has 6 heteroatoms. The Balaban J connectivity index is 2.37. The van der Waals surface area contributed by atoms with Crippen molar-refractivity contribution in [3.63, 3.8) is 0 Å². The monoisotopic (exact) mass is 273 g/mol. The van der Waals surface area contributed by atoms with E-state index in [1.807, 2.05) is 6.07 Å². The van der Waals surface area contributed by atoms with Gasteiger partial charge in [0.1, 0.15) is 9.84 Å². The first-order valence-electron chi connectivity index (χ1n) is 5.75. The minimum atomic E-state index is -2.94. The minimum Gasteiger partial charge on any atom is -0.481 e. The van der Waals surface area contributed by atoms with E-state index in [1.165, 1.54) is 6.26 Å². The van der Waals surface area contributed by atoms with E-state index in [0.29, 0.717) is 25.1 Å². The Morgan fingerprint density at radius 3 is 2.67 bits per heavy atom. The normalized spacial score (nSPS) is 13.3. The molecule has 0 amide bonds. The number of aromatic nitrogens is 1. The van der Waals surface area contributed by atoms with Crippen molar-refractivity contribution in [3.8, 4) is 5.88 Å². The summed E-state index contributed by atoms with van der Waals surface area (Å²) in [5.41, 5.74) is 0.905. The molecule has 102 valence electrons. The number of hydrogen-bond acceptors (Lipinski definition) is 5. The van der Waals surface area contributed by atoms with Crippen molar-refractivity contribution in [1.29, 1.82) is 0 Å². The van der Waals surface area contributed by atoms with Crippen molar-refractivity contribution in [3.05, 3.63) is 23.9 Å². The molecule has 0 bridgehead atoms. The van der Waals surface area contributed by atoms with Crippen LogP contribution in [0.4, 0.5) is 0 Å². The molecule has 1 atom stereocenters. The van der Waals surface area contributed by atoms with E-state index in [-0.39, 0.29) is 5.75 Å². The van der Waals surface area contributed by atoms with Gasteiger partial charge in [0.25, 0.3) is 0 Å². The van der Waals surface area contributed by atoms with Crippen LogP contribution >= 0.6 is 0 Å². The van der Waals surface area contributed by atoms with Crippen LogP contribution < -0.4 is 4.74 Å².